The van der Waals surface area contributed by atoms with Crippen molar-refractivity contribution in [1.82, 2.24) is 0 Å². The number of rotatable bonds is 4. The molecule has 121 valence electrons. The molecule has 1 aromatic heterocycles. The van der Waals surface area contributed by atoms with Crippen molar-refractivity contribution in [3.8, 4) is 17.2 Å². The molecule has 1 radical (unpaired) electrons. The molecule has 1 aromatic carbocycles. The first-order valence-electron chi connectivity index (χ1n) is 5.10. The summed E-state index contributed by atoms with van der Waals surface area (Å²) in [5, 5.41) is 9.61. The Morgan fingerprint density at radius 1 is 1.00 bits per heavy atom. The first-order valence-corrected chi connectivity index (χ1v) is 7.83. The number of aromatic hydroxyl groups is 1. The van der Waals surface area contributed by atoms with Crippen molar-refractivity contribution >= 4 is 83.2 Å². The van der Waals surface area contributed by atoms with Crippen LogP contribution in [0.5, 0.6) is 17.2 Å². The Labute approximate surface area is 171 Å². The molecule has 23 heavy (non-hydrogen) atoms. The van der Waals surface area contributed by atoms with Crippen LogP contribution in [0.2, 0.25) is 0 Å². The van der Waals surface area contributed by atoms with Crippen LogP contribution in [0.25, 0.3) is 11.0 Å². The molecule has 0 atom stereocenters. The van der Waals surface area contributed by atoms with Gasteiger partial charge in [-0.05, 0) is 12.1 Å². The van der Waals surface area contributed by atoms with Gasteiger partial charge in [-0.2, -0.15) is 16.8 Å². The smallest absolute Gasteiger partial charge is 0.446 e. The molecule has 11 nitrogen and oxygen atoms in total. The monoisotopic (exact) mass is 393 g/mol. The fraction of sp³-hybridized carbons (Fsp3) is 0. The number of hydrogen-bond acceptors (Lipinski definition) is 9. The maximum absolute atomic E-state index is 11.1. The second-order valence-electron chi connectivity index (χ2n) is 3.75. The van der Waals surface area contributed by atoms with Gasteiger partial charge in [0.15, 0.2) is 11.3 Å². The average Bonchev–Trinajstić information content (AvgIpc) is 2.32. The maximum Gasteiger partial charge on any atom is 0.446 e. The van der Waals surface area contributed by atoms with Crippen LogP contribution in [0.1, 0.15) is 0 Å². The molecule has 0 aliphatic heterocycles. The quantitative estimate of drug-likeness (QED) is 0.346. The van der Waals surface area contributed by atoms with Crippen LogP contribution in [-0.2, 0) is 20.8 Å². The Balaban J connectivity index is 0.00000264. The predicted molar refractivity (Wildman–Crippen MR) is 74.3 cm³/mol. The van der Waals surface area contributed by atoms with Gasteiger partial charge in [-0.25, -0.2) is 4.79 Å². The third-order valence-electron chi connectivity index (χ3n) is 2.19. The Hall–Kier alpha value is -0.714. The summed E-state index contributed by atoms with van der Waals surface area (Å²) in [5.74, 6) is -3.28. The number of phenols is 1. The molecule has 0 saturated carbocycles. The van der Waals surface area contributed by atoms with Gasteiger partial charge in [0.25, 0.3) is 0 Å². The van der Waals surface area contributed by atoms with Crippen molar-refractivity contribution in [3.05, 3.63) is 28.6 Å². The molecule has 2 aromatic rings. The van der Waals surface area contributed by atoms with Gasteiger partial charge in [0.1, 0.15) is 0 Å². The summed E-state index contributed by atoms with van der Waals surface area (Å²) in [6.45, 7) is 0. The molecule has 0 unspecified atom stereocenters. The number of hydrogen-bond donors (Lipinski definition) is 3. The fourth-order valence-corrected chi connectivity index (χ4v) is 2.23. The summed E-state index contributed by atoms with van der Waals surface area (Å²) in [4.78, 5) is 11.1. The minimum absolute atomic E-state index is 0. The fourth-order valence-electron chi connectivity index (χ4n) is 1.51. The first-order chi connectivity index (χ1) is 9.96. The number of benzene rings is 1. The Kier molecular flexibility index (Phi) is 6.22. The average molecular weight is 393 g/mol. The van der Waals surface area contributed by atoms with E-state index in [1.165, 1.54) is 0 Å². The zero-order valence-corrected chi connectivity index (χ0v) is 15.9. The number of fused-ring (bicyclic) bond motifs is 1. The van der Waals surface area contributed by atoms with E-state index in [4.69, 9.17) is 9.11 Å². The van der Waals surface area contributed by atoms with E-state index in [1.807, 2.05) is 0 Å². The van der Waals surface area contributed by atoms with Gasteiger partial charge in [-0.3, -0.25) is 9.11 Å². The van der Waals surface area contributed by atoms with Crippen LogP contribution in [0.4, 0.5) is 0 Å². The summed E-state index contributed by atoms with van der Waals surface area (Å²) in [6, 6.07) is 2.78. The van der Waals surface area contributed by atoms with Gasteiger partial charge < -0.3 is 17.9 Å². The zero-order chi connectivity index (χ0) is 16.7. The Morgan fingerprint density at radius 3 is 2.09 bits per heavy atom. The van der Waals surface area contributed by atoms with Gasteiger partial charge in [0, 0.05) is 62.8 Å². The molecule has 0 fully saturated rings. The summed E-state index contributed by atoms with van der Waals surface area (Å²) in [5.41, 5.74) is -1.55. The Morgan fingerprint density at radius 2 is 1.57 bits per heavy atom. The second kappa shape index (κ2) is 7.04. The van der Waals surface area contributed by atoms with Crippen molar-refractivity contribution < 1.29 is 43.8 Å². The molecule has 0 amide bonds. The summed E-state index contributed by atoms with van der Waals surface area (Å²) in [6.07, 6.45) is 0. The minimum Gasteiger partial charge on any atom is -0.502 e. The molecule has 0 aliphatic rings. The molecule has 0 spiro atoms. The van der Waals surface area contributed by atoms with Crippen LogP contribution in [0.15, 0.2) is 27.4 Å². The molecule has 0 bridgehead atoms. The van der Waals surface area contributed by atoms with Gasteiger partial charge in [0.2, 0.25) is 11.5 Å². The van der Waals surface area contributed by atoms with Crippen LogP contribution >= 0.6 is 0 Å². The maximum atomic E-state index is 11.1. The summed E-state index contributed by atoms with van der Waals surface area (Å²) < 4.78 is 72.8. The second-order valence-corrected chi connectivity index (χ2v) is 5.79. The third-order valence-corrected chi connectivity index (χ3v) is 2.96. The topological polar surface area (TPSA) is 178 Å². The van der Waals surface area contributed by atoms with E-state index in [0.29, 0.717) is 0 Å². The normalized spacial score (nSPS) is 11.7. The first kappa shape index (κ1) is 20.3. The van der Waals surface area contributed by atoms with Crippen molar-refractivity contribution in [2.45, 2.75) is 0 Å². The number of phenolic OH excluding ortho intramolecular Hbond substituents is 1. The Bertz CT molecular complexity index is 1010. The van der Waals surface area contributed by atoms with E-state index in [9.17, 15) is 26.7 Å². The zero-order valence-electron chi connectivity index (χ0n) is 11.2. The van der Waals surface area contributed by atoms with E-state index in [0.717, 1.165) is 18.2 Å². The largest absolute Gasteiger partial charge is 0.502 e. The summed E-state index contributed by atoms with van der Waals surface area (Å²) >= 11 is 0. The van der Waals surface area contributed by atoms with Crippen molar-refractivity contribution in [2.24, 2.45) is 0 Å². The molecule has 3 N–H and O–H groups in total. The molecule has 0 aliphatic carbocycles. The van der Waals surface area contributed by atoms with Crippen LogP contribution < -0.4 is 14.0 Å². The molecule has 2 rings (SSSR count). The van der Waals surface area contributed by atoms with Gasteiger partial charge in [0.05, 0.1) is 0 Å². The van der Waals surface area contributed by atoms with Crippen molar-refractivity contribution in [1.29, 1.82) is 0 Å². The van der Waals surface area contributed by atoms with Crippen molar-refractivity contribution in [3.63, 3.8) is 0 Å². The molecule has 14 heteroatoms. The minimum atomic E-state index is -5.15. The van der Waals surface area contributed by atoms with Crippen LogP contribution in [-0.4, -0.2) is 82.4 Å². The van der Waals surface area contributed by atoms with Crippen molar-refractivity contribution in [2.75, 3.05) is 0 Å². The van der Waals surface area contributed by atoms with Crippen LogP contribution in [0, 0.1) is 0 Å². The van der Waals surface area contributed by atoms with Gasteiger partial charge in [-0.1, -0.05) is 0 Å². The standard InChI is InChI=1S/C9H6O11S2.K/c10-6-2-1-4-3-5(19-21(12,13)14)7(11)9(8(4)18-6)20-22(15,16)17;/h1-3,11H,(H,12,13,14)(H,15,16,17);. The molecule has 0 saturated heterocycles. The van der Waals surface area contributed by atoms with Gasteiger partial charge in [-0.15, -0.1) is 0 Å². The van der Waals surface area contributed by atoms with E-state index in [2.05, 4.69) is 12.8 Å². The molecular formula is C9H6KO11S2. The SMILES string of the molecule is O=c1ccc2cc(OS(=O)(=O)O)c(O)c(OS(=O)(=O)O)c2o1.[K]. The van der Waals surface area contributed by atoms with E-state index in [1.54, 1.807) is 0 Å². The van der Waals surface area contributed by atoms with E-state index in [-0.39, 0.29) is 56.8 Å². The van der Waals surface area contributed by atoms with E-state index < -0.39 is 49.3 Å². The van der Waals surface area contributed by atoms with E-state index >= 15 is 0 Å². The van der Waals surface area contributed by atoms with Crippen LogP contribution in [0.3, 0.4) is 0 Å². The third kappa shape index (κ3) is 5.40. The summed E-state index contributed by atoms with van der Waals surface area (Å²) in [7, 11) is -10.2. The predicted octanol–water partition coefficient (Wildman–Crippen LogP) is -0.519. The molecule has 1 heterocycles. The van der Waals surface area contributed by atoms with Gasteiger partial charge >= 0.3 is 26.4 Å². The molecular weight excluding hydrogens is 387 g/mol.